The Bertz CT molecular complexity index is 657. The van der Waals surface area contributed by atoms with Gasteiger partial charge in [-0.2, -0.15) is 13.2 Å². The molecule has 1 aromatic carbocycles. The lowest BCUT2D eigenvalue weighted by molar-refractivity contribution is -0.137. The minimum atomic E-state index is -4.58. The molecule has 0 aliphatic carbocycles. The molecule has 21 heavy (non-hydrogen) atoms. The molecule has 4 nitrogen and oxygen atoms in total. The lowest BCUT2D eigenvalue weighted by Crippen LogP contribution is -2.38. The molecule has 0 atom stereocenters. The Balaban J connectivity index is 2.45. The van der Waals surface area contributed by atoms with Crippen LogP contribution in [0, 0.1) is 0 Å². The molecule has 0 bridgehead atoms. The maximum absolute atomic E-state index is 12.7. The van der Waals surface area contributed by atoms with Crippen molar-refractivity contribution < 1.29 is 21.6 Å². The monoisotopic (exact) mass is 338 g/mol. The van der Waals surface area contributed by atoms with Crippen molar-refractivity contribution in [2.45, 2.75) is 17.5 Å². The van der Waals surface area contributed by atoms with E-state index >= 15 is 0 Å². The van der Waals surface area contributed by atoms with E-state index in [4.69, 9.17) is 0 Å². The molecule has 0 saturated heterocycles. The van der Waals surface area contributed by atoms with Crippen LogP contribution in [0.4, 0.5) is 13.2 Å². The first-order valence-corrected chi connectivity index (χ1v) is 8.72. The first kappa shape index (κ1) is 16.2. The van der Waals surface area contributed by atoms with E-state index in [0.717, 1.165) is 34.3 Å². The predicted molar refractivity (Wildman–Crippen MR) is 75.8 cm³/mol. The van der Waals surface area contributed by atoms with E-state index in [1.807, 2.05) is 0 Å². The van der Waals surface area contributed by atoms with Gasteiger partial charge < -0.3 is 0 Å². The molecule has 0 unspecified atom stereocenters. The zero-order valence-electron chi connectivity index (χ0n) is 11.1. The second kappa shape index (κ2) is 5.88. The summed E-state index contributed by atoms with van der Waals surface area (Å²) in [5, 5.41) is 0.304. The number of thioether (sulfide) groups is 1. The molecule has 0 saturated carbocycles. The van der Waals surface area contributed by atoms with Gasteiger partial charge in [0.2, 0.25) is 0 Å². The van der Waals surface area contributed by atoms with E-state index in [0.29, 0.717) is 24.2 Å². The van der Waals surface area contributed by atoms with Gasteiger partial charge in [0.1, 0.15) is 0 Å². The summed E-state index contributed by atoms with van der Waals surface area (Å²) in [5.41, 5.74) is -0.983. The van der Waals surface area contributed by atoms with Crippen molar-refractivity contribution in [3.8, 4) is 0 Å². The average molecular weight is 338 g/mol. The number of sulfonamides is 1. The Morgan fingerprint density at radius 1 is 1.33 bits per heavy atom. The normalized spacial score (nSPS) is 16.8. The third-order valence-electron chi connectivity index (χ3n) is 2.91. The highest BCUT2D eigenvalue weighted by Crippen LogP contribution is 2.31. The van der Waals surface area contributed by atoms with Crippen LogP contribution in [0.25, 0.3) is 0 Å². The van der Waals surface area contributed by atoms with Crippen molar-refractivity contribution in [1.29, 1.82) is 0 Å². The summed E-state index contributed by atoms with van der Waals surface area (Å²) < 4.78 is 64.2. The number of nitrogens with zero attached hydrogens (tertiary/aromatic N) is 2. The maximum Gasteiger partial charge on any atom is 0.416 e. The number of aliphatic imine (C=N–C) groups is 1. The molecule has 9 heteroatoms. The number of benzene rings is 1. The first-order valence-electron chi connectivity index (χ1n) is 6.05. The van der Waals surface area contributed by atoms with Crippen LogP contribution in [0.5, 0.6) is 0 Å². The molecule has 0 spiro atoms. The molecule has 1 aliphatic rings. The second-order valence-corrected chi connectivity index (χ2v) is 6.96. The number of amidine groups is 1. The summed E-state index contributed by atoms with van der Waals surface area (Å²) >= 11 is 1.16. The van der Waals surface area contributed by atoms with Crippen LogP contribution in [-0.4, -0.2) is 37.2 Å². The first-order chi connectivity index (χ1) is 9.76. The van der Waals surface area contributed by atoms with E-state index in [9.17, 15) is 21.6 Å². The molecule has 0 radical (unpaired) electrons. The Morgan fingerprint density at radius 3 is 2.67 bits per heavy atom. The fourth-order valence-corrected chi connectivity index (χ4v) is 4.36. The highest BCUT2D eigenvalue weighted by atomic mass is 32.2. The average Bonchev–Trinajstić information content (AvgIpc) is 2.46. The van der Waals surface area contributed by atoms with Crippen molar-refractivity contribution in [2.24, 2.45) is 4.99 Å². The van der Waals surface area contributed by atoms with Gasteiger partial charge in [0.25, 0.3) is 10.0 Å². The van der Waals surface area contributed by atoms with E-state index in [-0.39, 0.29) is 11.4 Å². The lowest BCUT2D eigenvalue weighted by Gasteiger charge is -2.27. The molecule has 1 heterocycles. The van der Waals surface area contributed by atoms with Gasteiger partial charge in [-0.05, 0) is 30.9 Å². The van der Waals surface area contributed by atoms with Gasteiger partial charge in [-0.25, -0.2) is 12.7 Å². The third kappa shape index (κ3) is 3.34. The fraction of sp³-hybridized carbons (Fsp3) is 0.417. The summed E-state index contributed by atoms with van der Waals surface area (Å²) in [6.45, 7) is 0.739. The van der Waals surface area contributed by atoms with E-state index in [1.165, 1.54) is 0 Å². The van der Waals surface area contributed by atoms with E-state index < -0.39 is 21.8 Å². The summed E-state index contributed by atoms with van der Waals surface area (Å²) in [6.07, 6.45) is -2.36. The molecule has 1 aliphatic heterocycles. The number of hydrogen-bond donors (Lipinski definition) is 0. The number of hydrogen-bond acceptors (Lipinski definition) is 4. The van der Waals surface area contributed by atoms with Gasteiger partial charge >= 0.3 is 6.18 Å². The Kier molecular flexibility index (Phi) is 4.52. The standard InChI is InChI=1S/C12H13F3N2O2S2/c1-20-11-16-6-3-7-17(11)21(18,19)10-5-2-4-9(8-10)12(13,14)15/h2,4-5,8H,3,6-7H2,1H3. The summed E-state index contributed by atoms with van der Waals surface area (Å²) in [6, 6.07) is 3.76. The largest absolute Gasteiger partial charge is 0.416 e. The molecular formula is C12H13F3N2O2S2. The molecule has 0 N–H and O–H groups in total. The van der Waals surface area contributed by atoms with Crippen LogP contribution in [0.15, 0.2) is 34.2 Å². The van der Waals surface area contributed by atoms with Crippen molar-refractivity contribution in [1.82, 2.24) is 4.31 Å². The Hall–Kier alpha value is -1.22. The topological polar surface area (TPSA) is 49.7 Å². The molecule has 2 rings (SSSR count). The molecule has 0 aromatic heterocycles. The molecular weight excluding hydrogens is 325 g/mol. The Labute approximate surface area is 125 Å². The van der Waals surface area contributed by atoms with E-state index in [2.05, 4.69) is 4.99 Å². The summed E-state index contributed by atoms with van der Waals surface area (Å²) in [4.78, 5) is 3.72. The van der Waals surface area contributed by atoms with Gasteiger partial charge in [-0.3, -0.25) is 4.99 Å². The van der Waals surface area contributed by atoms with Crippen LogP contribution in [0.3, 0.4) is 0 Å². The summed E-state index contributed by atoms with van der Waals surface area (Å²) in [5.74, 6) is 0. The van der Waals surface area contributed by atoms with Gasteiger partial charge in [0, 0.05) is 13.1 Å². The van der Waals surface area contributed by atoms with Crippen molar-refractivity contribution in [3.63, 3.8) is 0 Å². The number of halogens is 3. The molecule has 116 valence electrons. The smallest absolute Gasteiger partial charge is 0.262 e. The van der Waals surface area contributed by atoms with Crippen molar-refractivity contribution in [2.75, 3.05) is 19.3 Å². The Morgan fingerprint density at radius 2 is 2.05 bits per heavy atom. The number of alkyl halides is 3. The fourth-order valence-electron chi connectivity index (χ4n) is 1.91. The zero-order valence-corrected chi connectivity index (χ0v) is 12.7. The minimum absolute atomic E-state index is 0.220. The minimum Gasteiger partial charge on any atom is -0.262 e. The highest BCUT2D eigenvalue weighted by molar-refractivity contribution is 8.14. The van der Waals surface area contributed by atoms with E-state index in [1.54, 1.807) is 6.26 Å². The SMILES string of the molecule is CSC1=NCCCN1S(=O)(=O)c1cccc(C(F)(F)F)c1. The lowest BCUT2D eigenvalue weighted by atomic mass is 10.2. The van der Waals surface area contributed by atoms with Crippen molar-refractivity contribution >= 4 is 27.0 Å². The van der Waals surface area contributed by atoms with Gasteiger partial charge in [-0.15, -0.1) is 0 Å². The quantitative estimate of drug-likeness (QED) is 0.833. The zero-order chi connectivity index (χ0) is 15.7. The van der Waals surface area contributed by atoms with Crippen molar-refractivity contribution in [3.05, 3.63) is 29.8 Å². The van der Waals surface area contributed by atoms with Gasteiger partial charge in [-0.1, -0.05) is 17.8 Å². The number of rotatable bonds is 2. The predicted octanol–water partition coefficient (Wildman–Crippen LogP) is 2.82. The van der Waals surface area contributed by atoms with Gasteiger partial charge in [0.05, 0.1) is 10.5 Å². The molecule has 0 fully saturated rings. The van der Waals surface area contributed by atoms with Crippen LogP contribution in [-0.2, 0) is 16.2 Å². The molecule has 1 aromatic rings. The third-order valence-corrected chi connectivity index (χ3v) is 5.53. The van der Waals surface area contributed by atoms with Gasteiger partial charge in [0.15, 0.2) is 5.17 Å². The molecule has 0 amide bonds. The van der Waals surface area contributed by atoms with Crippen LogP contribution in [0.1, 0.15) is 12.0 Å². The second-order valence-electron chi connectivity index (χ2n) is 4.32. The maximum atomic E-state index is 12.7. The van der Waals surface area contributed by atoms with Crippen LogP contribution in [0.2, 0.25) is 0 Å². The summed E-state index contributed by atoms with van der Waals surface area (Å²) in [7, 11) is -4.02. The van der Waals surface area contributed by atoms with Crippen LogP contribution >= 0.6 is 11.8 Å². The highest BCUT2D eigenvalue weighted by Gasteiger charge is 2.34. The van der Waals surface area contributed by atoms with Crippen LogP contribution < -0.4 is 0 Å².